The van der Waals surface area contributed by atoms with Crippen LogP contribution in [0, 0.1) is 0 Å². The van der Waals surface area contributed by atoms with Crippen molar-refractivity contribution in [2.45, 2.75) is 10.9 Å². The number of nitrogens with zero attached hydrogens (tertiary/aromatic N) is 2. The summed E-state index contributed by atoms with van der Waals surface area (Å²) in [5.41, 5.74) is 1.63. The van der Waals surface area contributed by atoms with Gasteiger partial charge in [0.2, 0.25) is 5.88 Å². The molecule has 0 atom stereocenters. The highest BCUT2D eigenvalue weighted by atomic mass is 32.2. The summed E-state index contributed by atoms with van der Waals surface area (Å²) in [5.74, 6) is 0.305. The molecule has 0 aliphatic carbocycles. The summed E-state index contributed by atoms with van der Waals surface area (Å²) in [6.45, 7) is 0. The average Bonchev–Trinajstić information content (AvgIpc) is 2.94. The van der Waals surface area contributed by atoms with Crippen LogP contribution < -0.4 is 5.56 Å². The quantitative estimate of drug-likeness (QED) is 0.571. The summed E-state index contributed by atoms with van der Waals surface area (Å²) in [5, 5.41) is 12.6. The molecule has 1 aromatic carbocycles. The first-order chi connectivity index (χ1) is 10.2. The Morgan fingerprint density at radius 1 is 1.24 bits per heavy atom. The van der Waals surface area contributed by atoms with Crippen LogP contribution in [0.25, 0.3) is 10.6 Å². The molecule has 0 aliphatic rings. The molecule has 0 saturated heterocycles. The molecule has 7 heteroatoms. The zero-order valence-electron chi connectivity index (χ0n) is 10.8. The summed E-state index contributed by atoms with van der Waals surface area (Å²) in [4.78, 5) is 22.2. The zero-order chi connectivity index (χ0) is 14.7. The number of aromatic amines is 1. The SMILES string of the molecule is O=c1cc(O)nc(SCc2csc(-c3ccccc3)n2)[nH]1. The monoisotopic (exact) mass is 317 g/mol. The standard InChI is InChI=1S/C14H11N3O2S2/c18-11-6-12(19)17-14(16-11)21-8-10-7-20-13(15-10)9-4-2-1-3-5-9/h1-7H,8H2,(H2,16,17,18,19). The Hall–Kier alpha value is -2.12. The topological polar surface area (TPSA) is 78.9 Å². The molecule has 106 valence electrons. The average molecular weight is 317 g/mol. The van der Waals surface area contributed by atoms with Crippen molar-refractivity contribution in [1.82, 2.24) is 15.0 Å². The van der Waals surface area contributed by atoms with Crippen molar-refractivity contribution in [2.75, 3.05) is 0 Å². The number of nitrogens with one attached hydrogen (secondary N) is 1. The number of thiazole rings is 1. The van der Waals surface area contributed by atoms with E-state index in [1.807, 2.05) is 35.7 Å². The van der Waals surface area contributed by atoms with Crippen molar-refractivity contribution >= 4 is 23.1 Å². The molecule has 0 bridgehead atoms. The lowest BCUT2D eigenvalue weighted by atomic mass is 10.2. The maximum Gasteiger partial charge on any atom is 0.255 e. The fraction of sp³-hybridized carbons (Fsp3) is 0.0714. The van der Waals surface area contributed by atoms with Gasteiger partial charge in [0, 0.05) is 16.7 Å². The minimum atomic E-state index is -0.367. The van der Waals surface area contributed by atoms with Gasteiger partial charge in [0.1, 0.15) is 5.01 Å². The third-order valence-corrected chi connectivity index (χ3v) is 4.48. The van der Waals surface area contributed by atoms with Gasteiger partial charge in [0.25, 0.3) is 5.56 Å². The normalized spacial score (nSPS) is 10.7. The van der Waals surface area contributed by atoms with E-state index in [2.05, 4.69) is 15.0 Å². The molecule has 0 aliphatic heterocycles. The van der Waals surface area contributed by atoms with E-state index in [0.717, 1.165) is 22.3 Å². The highest BCUT2D eigenvalue weighted by Gasteiger charge is 2.06. The molecular formula is C14H11N3O2S2. The van der Waals surface area contributed by atoms with Crippen molar-refractivity contribution in [3.05, 3.63) is 57.8 Å². The van der Waals surface area contributed by atoms with Gasteiger partial charge in [-0.15, -0.1) is 11.3 Å². The van der Waals surface area contributed by atoms with E-state index in [-0.39, 0.29) is 11.4 Å². The number of hydrogen-bond acceptors (Lipinski definition) is 6. The number of thioether (sulfide) groups is 1. The molecule has 0 saturated carbocycles. The first-order valence-corrected chi connectivity index (χ1v) is 8.00. The van der Waals surface area contributed by atoms with Crippen molar-refractivity contribution in [1.29, 1.82) is 0 Å². The summed E-state index contributed by atoms with van der Waals surface area (Å²) in [6.07, 6.45) is 0. The molecule has 0 amide bonds. The summed E-state index contributed by atoms with van der Waals surface area (Å²) in [7, 11) is 0. The minimum absolute atomic E-state index is 0.274. The van der Waals surface area contributed by atoms with Crippen LogP contribution in [-0.2, 0) is 5.75 Å². The van der Waals surface area contributed by atoms with Gasteiger partial charge in [-0.3, -0.25) is 4.79 Å². The molecule has 0 spiro atoms. The second-order valence-electron chi connectivity index (χ2n) is 4.21. The van der Waals surface area contributed by atoms with E-state index in [9.17, 15) is 9.90 Å². The molecule has 0 unspecified atom stereocenters. The second-order valence-corrected chi connectivity index (χ2v) is 6.03. The van der Waals surface area contributed by atoms with Crippen LogP contribution in [0.2, 0.25) is 0 Å². The smallest absolute Gasteiger partial charge is 0.255 e. The van der Waals surface area contributed by atoms with Gasteiger partial charge in [-0.25, -0.2) is 4.98 Å². The van der Waals surface area contributed by atoms with E-state index in [1.54, 1.807) is 11.3 Å². The van der Waals surface area contributed by atoms with E-state index >= 15 is 0 Å². The van der Waals surface area contributed by atoms with Crippen LogP contribution in [0.15, 0.2) is 51.7 Å². The molecule has 3 rings (SSSR count). The van der Waals surface area contributed by atoms with E-state index < -0.39 is 0 Å². The minimum Gasteiger partial charge on any atom is -0.493 e. The Balaban J connectivity index is 1.72. The molecule has 0 fully saturated rings. The zero-order valence-corrected chi connectivity index (χ0v) is 12.4. The number of rotatable bonds is 4. The third kappa shape index (κ3) is 3.50. The first kappa shape index (κ1) is 13.8. The van der Waals surface area contributed by atoms with Gasteiger partial charge in [0.05, 0.1) is 11.8 Å². The maximum absolute atomic E-state index is 11.2. The van der Waals surface area contributed by atoms with E-state index in [4.69, 9.17) is 0 Å². The predicted molar refractivity (Wildman–Crippen MR) is 83.6 cm³/mol. The summed E-state index contributed by atoms with van der Waals surface area (Å²) >= 11 is 2.91. The summed E-state index contributed by atoms with van der Waals surface area (Å²) < 4.78 is 0. The van der Waals surface area contributed by atoms with Crippen LogP contribution in [0.1, 0.15) is 5.69 Å². The summed E-state index contributed by atoms with van der Waals surface area (Å²) in [6, 6.07) is 11.0. The van der Waals surface area contributed by atoms with Crippen LogP contribution in [0.3, 0.4) is 0 Å². The number of benzene rings is 1. The molecule has 0 radical (unpaired) electrons. The molecule has 21 heavy (non-hydrogen) atoms. The lowest BCUT2D eigenvalue weighted by molar-refractivity contribution is 0.444. The van der Waals surface area contributed by atoms with Crippen LogP contribution in [0.5, 0.6) is 5.88 Å². The molecule has 2 heterocycles. The molecular weight excluding hydrogens is 306 g/mol. The number of aromatic nitrogens is 3. The van der Waals surface area contributed by atoms with Gasteiger partial charge in [0.15, 0.2) is 5.16 Å². The van der Waals surface area contributed by atoms with Gasteiger partial charge < -0.3 is 10.1 Å². The Labute approximate surface area is 128 Å². The highest BCUT2D eigenvalue weighted by Crippen LogP contribution is 2.26. The Bertz CT molecular complexity index is 799. The fourth-order valence-electron chi connectivity index (χ4n) is 1.72. The van der Waals surface area contributed by atoms with Gasteiger partial charge in [-0.2, -0.15) is 4.98 Å². The first-order valence-electron chi connectivity index (χ1n) is 6.14. The van der Waals surface area contributed by atoms with Gasteiger partial charge in [-0.1, -0.05) is 42.1 Å². The lowest BCUT2D eigenvalue weighted by Gasteiger charge is -1.99. The van der Waals surface area contributed by atoms with Crippen LogP contribution >= 0.6 is 23.1 Å². The molecule has 3 aromatic rings. The Kier molecular flexibility index (Phi) is 4.03. The lowest BCUT2D eigenvalue weighted by Crippen LogP contribution is -2.06. The van der Waals surface area contributed by atoms with Crippen LogP contribution in [0.4, 0.5) is 0 Å². The Morgan fingerprint density at radius 2 is 2.05 bits per heavy atom. The van der Waals surface area contributed by atoms with Gasteiger partial charge >= 0.3 is 0 Å². The Morgan fingerprint density at radius 3 is 2.81 bits per heavy atom. The fourth-order valence-corrected chi connectivity index (χ4v) is 3.41. The van der Waals surface area contributed by atoms with E-state index in [1.165, 1.54) is 11.8 Å². The largest absolute Gasteiger partial charge is 0.493 e. The van der Waals surface area contributed by atoms with Crippen molar-refractivity contribution < 1.29 is 5.11 Å². The number of hydrogen-bond donors (Lipinski definition) is 2. The van der Waals surface area contributed by atoms with Crippen LogP contribution in [-0.4, -0.2) is 20.1 Å². The van der Waals surface area contributed by atoms with E-state index in [0.29, 0.717) is 10.9 Å². The molecule has 2 N–H and O–H groups in total. The highest BCUT2D eigenvalue weighted by molar-refractivity contribution is 7.98. The predicted octanol–water partition coefficient (Wildman–Crippen LogP) is 2.89. The molecule has 5 nitrogen and oxygen atoms in total. The third-order valence-electron chi connectivity index (χ3n) is 2.64. The molecule has 2 aromatic heterocycles. The van der Waals surface area contributed by atoms with Crippen molar-refractivity contribution in [3.63, 3.8) is 0 Å². The second kappa shape index (κ2) is 6.11. The number of aromatic hydroxyl groups is 1. The van der Waals surface area contributed by atoms with Crippen molar-refractivity contribution in [2.24, 2.45) is 0 Å². The maximum atomic E-state index is 11.2. The van der Waals surface area contributed by atoms with Crippen molar-refractivity contribution in [3.8, 4) is 16.5 Å². The number of H-pyrrole nitrogens is 1. The van der Waals surface area contributed by atoms with Gasteiger partial charge in [-0.05, 0) is 0 Å².